The van der Waals surface area contributed by atoms with Gasteiger partial charge in [-0.2, -0.15) is 0 Å². The number of carbonyl (C=O) groups excluding carboxylic acids is 2. The Morgan fingerprint density at radius 3 is 2.47 bits per heavy atom. The molecule has 0 aliphatic heterocycles. The van der Waals surface area contributed by atoms with E-state index in [0.29, 0.717) is 12.5 Å². The van der Waals surface area contributed by atoms with Gasteiger partial charge >= 0.3 is 0 Å². The second kappa shape index (κ2) is 6.37. The molecule has 3 atom stereocenters. The molecule has 0 saturated heterocycles. The lowest BCUT2D eigenvalue weighted by Crippen LogP contribution is -2.51. The van der Waals surface area contributed by atoms with Crippen LogP contribution in [0.15, 0.2) is 0 Å². The summed E-state index contributed by atoms with van der Waals surface area (Å²) in [7, 11) is 0. The van der Waals surface area contributed by atoms with Gasteiger partial charge in [-0.3, -0.25) is 9.59 Å². The molecule has 5 nitrogen and oxygen atoms in total. The molecule has 1 aliphatic carbocycles. The Balaban J connectivity index is 2.47. The van der Waals surface area contributed by atoms with Crippen LogP contribution in [0.1, 0.15) is 47.0 Å². The zero-order valence-electron chi connectivity index (χ0n) is 12.5. The first-order valence-corrected chi connectivity index (χ1v) is 7.07. The predicted molar refractivity (Wildman–Crippen MR) is 75.4 cm³/mol. The molecular formula is C14H27N3O2. The molecule has 110 valence electrons. The maximum atomic E-state index is 12.1. The maximum Gasteiger partial charge on any atom is 0.242 e. The molecule has 2 amide bonds. The largest absolute Gasteiger partial charge is 0.351 e. The van der Waals surface area contributed by atoms with Gasteiger partial charge in [-0.25, -0.2) is 0 Å². The third kappa shape index (κ3) is 4.49. The summed E-state index contributed by atoms with van der Waals surface area (Å²) in [5.41, 5.74) is 5.21. The number of hydrogen-bond acceptors (Lipinski definition) is 3. The molecule has 1 aliphatic rings. The third-order valence-corrected chi connectivity index (χ3v) is 3.71. The van der Waals surface area contributed by atoms with E-state index >= 15 is 0 Å². The third-order valence-electron chi connectivity index (χ3n) is 3.71. The normalized spacial score (nSPS) is 24.9. The lowest BCUT2D eigenvalue weighted by Gasteiger charge is -2.24. The van der Waals surface area contributed by atoms with Crippen LogP contribution in [0.3, 0.4) is 0 Å². The topological polar surface area (TPSA) is 84.2 Å². The van der Waals surface area contributed by atoms with E-state index < -0.39 is 11.5 Å². The van der Waals surface area contributed by atoms with Gasteiger partial charge in [0.1, 0.15) is 6.04 Å². The molecule has 0 spiro atoms. The molecule has 0 aromatic carbocycles. The van der Waals surface area contributed by atoms with Crippen molar-refractivity contribution in [2.24, 2.45) is 17.1 Å². The Kier molecular flexibility index (Phi) is 5.35. The van der Waals surface area contributed by atoms with Crippen molar-refractivity contribution in [1.29, 1.82) is 0 Å². The van der Waals surface area contributed by atoms with Crippen LogP contribution in [0.2, 0.25) is 0 Å². The van der Waals surface area contributed by atoms with E-state index in [4.69, 9.17) is 5.73 Å². The summed E-state index contributed by atoms with van der Waals surface area (Å²) in [5.74, 6) is 0.134. The van der Waals surface area contributed by atoms with Gasteiger partial charge in [-0.1, -0.05) is 27.2 Å². The Bertz CT molecular complexity index is 336. The zero-order chi connectivity index (χ0) is 14.6. The summed E-state index contributed by atoms with van der Waals surface area (Å²) < 4.78 is 0. The van der Waals surface area contributed by atoms with Gasteiger partial charge in [0.2, 0.25) is 11.8 Å². The molecular weight excluding hydrogens is 242 g/mol. The number of rotatable bonds is 4. The molecule has 0 radical (unpaired) electrons. The predicted octanol–water partition coefficient (Wildman–Crippen LogP) is 0.781. The van der Waals surface area contributed by atoms with E-state index in [9.17, 15) is 9.59 Å². The number of hydrogen-bond donors (Lipinski definition) is 3. The first kappa shape index (κ1) is 16.0. The molecule has 0 heterocycles. The molecule has 1 rings (SSSR count). The fourth-order valence-corrected chi connectivity index (χ4v) is 2.30. The van der Waals surface area contributed by atoms with Crippen molar-refractivity contribution in [2.75, 3.05) is 6.54 Å². The fraction of sp³-hybridized carbons (Fsp3) is 0.857. The van der Waals surface area contributed by atoms with Gasteiger partial charge in [0.05, 0.1) is 0 Å². The number of nitrogens with one attached hydrogen (secondary N) is 2. The summed E-state index contributed by atoms with van der Waals surface area (Å²) in [6.45, 7) is 7.80. The van der Waals surface area contributed by atoms with Crippen LogP contribution in [0.5, 0.6) is 0 Å². The van der Waals surface area contributed by atoms with E-state index in [2.05, 4.69) is 10.6 Å². The van der Waals surface area contributed by atoms with E-state index in [1.54, 1.807) is 6.92 Å². The van der Waals surface area contributed by atoms with Crippen molar-refractivity contribution in [2.45, 2.75) is 59.0 Å². The minimum atomic E-state index is -0.509. The van der Waals surface area contributed by atoms with Crippen molar-refractivity contribution >= 4 is 11.8 Å². The monoisotopic (exact) mass is 269 g/mol. The second-order valence-electron chi connectivity index (χ2n) is 6.49. The minimum absolute atomic E-state index is 0.114. The Morgan fingerprint density at radius 2 is 1.95 bits per heavy atom. The van der Waals surface area contributed by atoms with Gasteiger partial charge in [0, 0.05) is 11.5 Å². The average Bonchev–Trinajstić information content (AvgIpc) is 2.74. The number of amides is 2. The average molecular weight is 269 g/mol. The van der Waals surface area contributed by atoms with Crippen LogP contribution in [0, 0.1) is 11.3 Å². The van der Waals surface area contributed by atoms with Gasteiger partial charge < -0.3 is 16.4 Å². The van der Waals surface area contributed by atoms with Crippen molar-refractivity contribution < 1.29 is 9.59 Å². The lowest BCUT2D eigenvalue weighted by atomic mass is 9.95. The van der Waals surface area contributed by atoms with Gasteiger partial charge in [0.15, 0.2) is 0 Å². The second-order valence-corrected chi connectivity index (χ2v) is 6.49. The molecule has 3 unspecified atom stereocenters. The van der Waals surface area contributed by atoms with Gasteiger partial charge in [-0.15, -0.1) is 0 Å². The highest BCUT2D eigenvalue weighted by Crippen LogP contribution is 2.24. The van der Waals surface area contributed by atoms with Gasteiger partial charge in [0.25, 0.3) is 0 Å². The van der Waals surface area contributed by atoms with Crippen molar-refractivity contribution in [3.63, 3.8) is 0 Å². The summed E-state index contributed by atoms with van der Waals surface area (Å²) in [6, 6.07) is -0.350. The standard InChI is InChI=1S/C14H27N3O2/c1-9(16-13(19)14(2,3)4)12(18)17-11-7-5-6-10(11)8-15/h9-11H,5-8,15H2,1-4H3,(H,16,19)(H,17,18). The fourth-order valence-electron chi connectivity index (χ4n) is 2.30. The zero-order valence-corrected chi connectivity index (χ0v) is 12.5. The quantitative estimate of drug-likeness (QED) is 0.705. The Hall–Kier alpha value is -1.10. The molecule has 1 fully saturated rings. The van der Waals surface area contributed by atoms with Crippen LogP contribution in [0.4, 0.5) is 0 Å². The van der Waals surface area contributed by atoms with Crippen molar-refractivity contribution in [3.05, 3.63) is 0 Å². The van der Waals surface area contributed by atoms with Crippen LogP contribution >= 0.6 is 0 Å². The Labute approximate surface area is 115 Å². The molecule has 4 N–H and O–H groups in total. The smallest absolute Gasteiger partial charge is 0.242 e. The van der Waals surface area contributed by atoms with Gasteiger partial charge in [-0.05, 0) is 32.2 Å². The summed E-state index contributed by atoms with van der Waals surface area (Å²) in [5, 5.41) is 5.75. The Morgan fingerprint density at radius 1 is 1.32 bits per heavy atom. The lowest BCUT2D eigenvalue weighted by molar-refractivity contribution is -0.133. The van der Waals surface area contributed by atoms with Crippen LogP contribution in [-0.4, -0.2) is 30.4 Å². The highest BCUT2D eigenvalue weighted by atomic mass is 16.2. The van der Waals surface area contributed by atoms with E-state index in [1.165, 1.54) is 0 Å². The number of nitrogens with two attached hydrogens (primary N) is 1. The molecule has 5 heteroatoms. The van der Waals surface area contributed by atoms with Crippen LogP contribution in [0.25, 0.3) is 0 Å². The van der Waals surface area contributed by atoms with Crippen molar-refractivity contribution in [3.8, 4) is 0 Å². The summed E-state index contributed by atoms with van der Waals surface area (Å²) in [6.07, 6.45) is 3.16. The highest BCUT2D eigenvalue weighted by Gasteiger charge is 2.30. The summed E-state index contributed by atoms with van der Waals surface area (Å²) >= 11 is 0. The molecule has 0 aromatic heterocycles. The van der Waals surface area contributed by atoms with Crippen molar-refractivity contribution in [1.82, 2.24) is 10.6 Å². The first-order valence-electron chi connectivity index (χ1n) is 7.07. The SMILES string of the molecule is CC(NC(=O)C(C)(C)C)C(=O)NC1CCCC1CN. The van der Waals surface area contributed by atoms with E-state index in [-0.39, 0.29) is 17.9 Å². The molecule has 19 heavy (non-hydrogen) atoms. The molecule has 1 saturated carbocycles. The van der Waals surface area contributed by atoms with E-state index in [0.717, 1.165) is 19.3 Å². The maximum absolute atomic E-state index is 12.1. The molecule has 0 aromatic rings. The first-order chi connectivity index (χ1) is 8.75. The summed E-state index contributed by atoms with van der Waals surface area (Å²) in [4.78, 5) is 23.9. The molecule has 0 bridgehead atoms. The highest BCUT2D eigenvalue weighted by molar-refractivity contribution is 5.89. The van der Waals surface area contributed by atoms with Crippen LogP contribution in [-0.2, 0) is 9.59 Å². The number of carbonyl (C=O) groups is 2. The van der Waals surface area contributed by atoms with Crippen LogP contribution < -0.4 is 16.4 Å². The minimum Gasteiger partial charge on any atom is -0.351 e. The van der Waals surface area contributed by atoms with E-state index in [1.807, 2.05) is 20.8 Å².